The van der Waals surface area contributed by atoms with E-state index in [2.05, 4.69) is 48.9 Å². The number of amides is 1. The summed E-state index contributed by atoms with van der Waals surface area (Å²) in [7, 11) is -3.60. The van der Waals surface area contributed by atoms with Crippen molar-refractivity contribution in [1.29, 1.82) is 0 Å². The number of sulfonamides is 1. The normalized spacial score (nSPS) is 15.2. The van der Waals surface area contributed by atoms with Crippen LogP contribution in [0, 0.1) is 0 Å². The standard InChI is InChI=1S/C23H29BrN2O3S/c1-15(2)18-8-7-9-19(16(3)4)22(18)25-23(27)20-14-17(10-11-21(20)24)30(28,29)26-12-5-6-13-26/h7-11,14-16H,5-6,12-13H2,1-4H3,(H,25,27). The quantitative estimate of drug-likeness (QED) is 0.559. The van der Waals surface area contributed by atoms with Gasteiger partial charge in [-0.2, -0.15) is 4.31 Å². The maximum atomic E-state index is 13.2. The number of para-hydroxylation sites is 1. The van der Waals surface area contributed by atoms with Gasteiger partial charge in [-0.15, -0.1) is 0 Å². The minimum atomic E-state index is -3.60. The number of hydrogen-bond acceptors (Lipinski definition) is 3. The molecule has 5 nitrogen and oxygen atoms in total. The molecule has 1 aliphatic heterocycles. The van der Waals surface area contributed by atoms with Gasteiger partial charge < -0.3 is 5.32 Å². The Bertz CT molecular complexity index is 1020. The second kappa shape index (κ2) is 9.20. The Balaban J connectivity index is 1.99. The Morgan fingerprint density at radius 3 is 2.10 bits per heavy atom. The zero-order valence-electron chi connectivity index (χ0n) is 17.9. The van der Waals surface area contributed by atoms with Gasteiger partial charge in [0.25, 0.3) is 5.91 Å². The van der Waals surface area contributed by atoms with Gasteiger partial charge in [0.05, 0.1) is 10.5 Å². The van der Waals surface area contributed by atoms with E-state index in [-0.39, 0.29) is 22.6 Å². The molecule has 0 radical (unpaired) electrons. The fraction of sp³-hybridized carbons (Fsp3) is 0.435. The van der Waals surface area contributed by atoms with Crippen molar-refractivity contribution in [1.82, 2.24) is 4.31 Å². The van der Waals surface area contributed by atoms with Crippen LogP contribution in [-0.4, -0.2) is 31.7 Å². The molecule has 0 spiro atoms. The van der Waals surface area contributed by atoms with Gasteiger partial charge in [0.15, 0.2) is 0 Å². The van der Waals surface area contributed by atoms with Crippen LogP contribution in [0.1, 0.15) is 73.9 Å². The number of anilines is 1. The lowest BCUT2D eigenvalue weighted by Crippen LogP contribution is -2.28. The highest BCUT2D eigenvalue weighted by atomic mass is 79.9. The lowest BCUT2D eigenvalue weighted by Gasteiger charge is -2.21. The third-order valence-electron chi connectivity index (χ3n) is 5.50. The summed E-state index contributed by atoms with van der Waals surface area (Å²) in [5.74, 6) is 0.156. The van der Waals surface area contributed by atoms with Crippen LogP contribution in [0.15, 0.2) is 45.8 Å². The molecule has 0 aromatic heterocycles. The van der Waals surface area contributed by atoms with Gasteiger partial charge >= 0.3 is 0 Å². The minimum Gasteiger partial charge on any atom is -0.321 e. The van der Waals surface area contributed by atoms with E-state index in [4.69, 9.17) is 0 Å². The van der Waals surface area contributed by atoms with Crippen molar-refractivity contribution < 1.29 is 13.2 Å². The number of benzene rings is 2. The van der Waals surface area contributed by atoms with Gasteiger partial charge in [-0.05, 0) is 69.9 Å². The number of rotatable bonds is 6. The molecule has 7 heteroatoms. The summed E-state index contributed by atoms with van der Waals surface area (Å²) in [6.45, 7) is 9.42. The summed E-state index contributed by atoms with van der Waals surface area (Å²) in [5.41, 5.74) is 3.24. The Morgan fingerprint density at radius 2 is 1.57 bits per heavy atom. The Morgan fingerprint density at radius 1 is 1.00 bits per heavy atom. The SMILES string of the molecule is CC(C)c1cccc(C(C)C)c1NC(=O)c1cc(S(=O)(=O)N2CCCC2)ccc1Br. The van der Waals surface area contributed by atoms with Crippen LogP contribution in [0.2, 0.25) is 0 Å². The molecule has 1 amide bonds. The second-order valence-corrected chi connectivity index (χ2v) is 11.1. The number of nitrogens with one attached hydrogen (secondary N) is 1. The van der Waals surface area contributed by atoms with Crippen molar-refractivity contribution >= 4 is 37.5 Å². The van der Waals surface area contributed by atoms with Crippen molar-refractivity contribution in [2.75, 3.05) is 18.4 Å². The van der Waals surface area contributed by atoms with Gasteiger partial charge in [0, 0.05) is 23.2 Å². The maximum Gasteiger partial charge on any atom is 0.256 e. The highest BCUT2D eigenvalue weighted by Crippen LogP contribution is 2.33. The van der Waals surface area contributed by atoms with Gasteiger partial charge in [0.2, 0.25) is 10.0 Å². The molecule has 1 aliphatic rings. The third kappa shape index (κ3) is 4.63. The summed E-state index contributed by atoms with van der Waals surface area (Å²) in [4.78, 5) is 13.4. The van der Waals surface area contributed by atoms with Crippen molar-refractivity contribution in [2.24, 2.45) is 0 Å². The fourth-order valence-electron chi connectivity index (χ4n) is 3.79. The van der Waals surface area contributed by atoms with Gasteiger partial charge in [-0.3, -0.25) is 4.79 Å². The average Bonchev–Trinajstić information content (AvgIpc) is 3.23. The molecule has 30 heavy (non-hydrogen) atoms. The van der Waals surface area contributed by atoms with Crippen molar-refractivity contribution in [2.45, 2.75) is 57.3 Å². The maximum absolute atomic E-state index is 13.2. The predicted molar refractivity (Wildman–Crippen MR) is 125 cm³/mol. The number of nitrogens with zero attached hydrogens (tertiary/aromatic N) is 1. The van der Waals surface area contributed by atoms with E-state index in [0.717, 1.165) is 29.7 Å². The van der Waals surface area contributed by atoms with Crippen molar-refractivity contribution in [3.63, 3.8) is 0 Å². The average molecular weight is 493 g/mol. The lowest BCUT2D eigenvalue weighted by atomic mass is 9.92. The first-order valence-electron chi connectivity index (χ1n) is 10.4. The molecule has 0 unspecified atom stereocenters. The first-order valence-corrected chi connectivity index (χ1v) is 12.6. The summed E-state index contributed by atoms with van der Waals surface area (Å²) >= 11 is 3.42. The second-order valence-electron chi connectivity index (χ2n) is 8.33. The molecule has 162 valence electrons. The number of halogens is 1. The van der Waals surface area contributed by atoms with E-state index < -0.39 is 10.0 Å². The molecular formula is C23H29BrN2O3S. The number of hydrogen-bond donors (Lipinski definition) is 1. The highest BCUT2D eigenvalue weighted by molar-refractivity contribution is 9.10. The molecule has 2 aromatic carbocycles. The molecule has 0 saturated carbocycles. The summed E-state index contributed by atoms with van der Waals surface area (Å²) in [6, 6.07) is 10.7. The summed E-state index contributed by atoms with van der Waals surface area (Å²) in [6.07, 6.45) is 1.74. The van der Waals surface area contributed by atoms with Crippen LogP contribution >= 0.6 is 15.9 Å². The Kier molecular flexibility index (Phi) is 7.05. The Labute approximate surface area is 188 Å². The molecule has 1 fully saturated rings. The molecule has 1 N–H and O–H groups in total. The Hall–Kier alpha value is -1.70. The number of carbonyl (C=O) groups excluding carboxylic acids is 1. The predicted octanol–water partition coefficient (Wildman–Crippen LogP) is 5.73. The molecule has 2 aromatic rings. The van der Waals surface area contributed by atoms with E-state index in [1.165, 1.54) is 10.4 Å². The first-order chi connectivity index (χ1) is 14.1. The van der Waals surface area contributed by atoms with Gasteiger partial charge in [0.1, 0.15) is 0 Å². The van der Waals surface area contributed by atoms with Gasteiger partial charge in [-0.25, -0.2) is 8.42 Å². The van der Waals surface area contributed by atoms with E-state index in [1.54, 1.807) is 12.1 Å². The van der Waals surface area contributed by atoms with Crippen LogP contribution < -0.4 is 5.32 Å². The van der Waals surface area contributed by atoms with E-state index in [0.29, 0.717) is 23.1 Å². The summed E-state index contributed by atoms with van der Waals surface area (Å²) < 4.78 is 27.9. The number of carbonyl (C=O) groups is 1. The molecular weight excluding hydrogens is 464 g/mol. The summed E-state index contributed by atoms with van der Waals surface area (Å²) in [5, 5.41) is 3.07. The third-order valence-corrected chi connectivity index (χ3v) is 8.08. The van der Waals surface area contributed by atoms with Crippen LogP contribution in [-0.2, 0) is 10.0 Å². The molecule has 1 heterocycles. The zero-order valence-corrected chi connectivity index (χ0v) is 20.3. The lowest BCUT2D eigenvalue weighted by molar-refractivity contribution is 0.102. The van der Waals surface area contributed by atoms with Crippen molar-refractivity contribution in [3.05, 3.63) is 57.6 Å². The van der Waals surface area contributed by atoms with Crippen LogP contribution in [0.5, 0.6) is 0 Å². The minimum absolute atomic E-state index is 0.152. The van der Waals surface area contributed by atoms with Crippen molar-refractivity contribution in [3.8, 4) is 0 Å². The van der Waals surface area contributed by atoms with E-state index in [9.17, 15) is 13.2 Å². The van der Waals surface area contributed by atoms with Gasteiger partial charge in [-0.1, -0.05) is 45.9 Å². The first kappa shape index (κ1) is 23.0. The zero-order chi connectivity index (χ0) is 22.1. The smallest absolute Gasteiger partial charge is 0.256 e. The topological polar surface area (TPSA) is 66.5 Å². The fourth-order valence-corrected chi connectivity index (χ4v) is 5.76. The van der Waals surface area contributed by atoms with E-state index in [1.807, 2.05) is 18.2 Å². The van der Waals surface area contributed by atoms with Crippen LogP contribution in [0.4, 0.5) is 5.69 Å². The monoisotopic (exact) mass is 492 g/mol. The molecule has 1 saturated heterocycles. The molecule has 0 atom stereocenters. The largest absolute Gasteiger partial charge is 0.321 e. The molecule has 0 bridgehead atoms. The molecule has 3 rings (SSSR count). The highest BCUT2D eigenvalue weighted by Gasteiger charge is 2.28. The molecule has 0 aliphatic carbocycles. The van der Waals surface area contributed by atoms with Crippen LogP contribution in [0.25, 0.3) is 0 Å². The van der Waals surface area contributed by atoms with E-state index >= 15 is 0 Å². The van der Waals surface area contributed by atoms with Crippen LogP contribution in [0.3, 0.4) is 0 Å².